The molecule has 3 heteroatoms. The van der Waals surface area contributed by atoms with Crippen molar-refractivity contribution < 1.29 is 9.53 Å². The van der Waals surface area contributed by atoms with Gasteiger partial charge in [0.2, 0.25) is 0 Å². The van der Waals surface area contributed by atoms with E-state index in [9.17, 15) is 4.79 Å². The summed E-state index contributed by atoms with van der Waals surface area (Å²) >= 11 is 5.70. The zero-order valence-corrected chi connectivity index (χ0v) is 14.9. The average molecular weight is 331 g/mol. The first-order valence-corrected chi connectivity index (χ1v) is 8.32. The van der Waals surface area contributed by atoms with Gasteiger partial charge in [0.1, 0.15) is 12.4 Å². The van der Waals surface area contributed by atoms with E-state index in [0.29, 0.717) is 12.2 Å². The number of carbonyl (C=O) groups is 1. The van der Waals surface area contributed by atoms with E-state index in [0.717, 1.165) is 22.4 Å². The molecule has 0 radical (unpaired) electrons. The van der Waals surface area contributed by atoms with E-state index in [4.69, 9.17) is 16.3 Å². The van der Waals surface area contributed by atoms with Gasteiger partial charge in [0.05, 0.1) is 0 Å². The molecule has 0 aliphatic heterocycles. The predicted molar refractivity (Wildman–Crippen MR) is 95.6 cm³/mol. The molecule has 0 unspecified atom stereocenters. The van der Waals surface area contributed by atoms with Crippen LogP contribution in [-0.4, -0.2) is 5.24 Å². The summed E-state index contributed by atoms with van der Waals surface area (Å²) in [5.41, 5.74) is 3.70. The number of benzene rings is 2. The molecule has 0 bridgehead atoms. The fraction of sp³-hybridized carbons (Fsp3) is 0.350. The van der Waals surface area contributed by atoms with E-state index in [2.05, 4.69) is 27.7 Å². The Morgan fingerprint density at radius 1 is 1.00 bits per heavy atom. The van der Waals surface area contributed by atoms with Gasteiger partial charge in [0, 0.05) is 5.56 Å². The van der Waals surface area contributed by atoms with Crippen LogP contribution in [0.25, 0.3) is 0 Å². The van der Waals surface area contributed by atoms with Crippen LogP contribution in [0.3, 0.4) is 0 Å². The molecule has 122 valence electrons. The molecule has 0 aliphatic carbocycles. The molecule has 0 spiro atoms. The van der Waals surface area contributed by atoms with Crippen LogP contribution in [0.1, 0.15) is 66.6 Å². The highest BCUT2D eigenvalue weighted by Crippen LogP contribution is 2.36. The topological polar surface area (TPSA) is 26.3 Å². The first-order chi connectivity index (χ1) is 10.9. The number of rotatable bonds is 6. The van der Waals surface area contributed by atoms with Crippen LogP contribution in [0.5, 0.6) is 5.75 Å². The Bertz CT molecular complexity index is 646. The second-order valence-corrected chi connectivity index (χ2v) is 6.68. The summed E-state index contributed by atoms with van der Waals surface area (Å²) in [6, 6.07) is 13.8. The summed E-state index contributed by atoms with van der Waals surface area (Å²) in [7, 11) is 0. The van der Waals surface area contributed by atoms with Gasteiger partial charge in [-0.1, -0.05) is 58.0 Å². The van der Waals surface area contributed by atoms with Crippen LogP contribution < -0.4 is 4.74 Å². The summed E-state index contributed by atoms with van der Waals surface area (Å²) < 4.78 is 6.16. The molecule has 0 saturated carbocycles. The molecule has 0 aliphatic rings. The van der Waals surface area contributed by atoms with Gasteiger partial charge >= 0.3 is 0 Å². The van der Waals surface area contributed by atoms with Gasteiger partial charge in [0.25, 0.3) is 5.24 Å². The van der Waals surface area contributed by atoms with Gasteiger partial charge in [0.15, 0.2) is 0 Å². The van der Waals surface area contributed by atoms with Gasteiger partial charge in [-0.3, -0.25) is 4.79 Å². The van der Waals surface area contributed by atoms with Gasteiger partial charge in [-0.15, -0.1) is 0 Å². The summed E-state index contributed by atoms with van der Waals surface area (Å²) in [6.07, 6.45) is 0. The molecule has 2 aromatic rings. The van der Waals surface area contributed by atoms with Gasteiger partial charge in [-0.25, -0.2) is 0 Å². The molecule has 0 N–H and O–H groups in total. The van der Waals surface area contributed by atoms with Crippen molar-refractivity contribution in [1.82, 2.24) is 0 Å². The Balaban J connectivity index is 2.44. The Morgan fingerprint density at radius 2 is 1.52 bits per heavy atom. The van der Waals surface area contributed by atoms with Crippen LogP contribution in [0.2, 0.25) is 0 Å². The van der Waals surface area contributed by atoms with Crippen molar-refractivity contribution in [2.75, 3.05) is 0 Å². The zero-order chi connectivity index (χ0) is 17.0. The maximum atomic E-state index is 11.6. The Morgan fingerprint density at radius 3 is 1.96 bits per heavy atom. The zero-order valence-electron chi connectivity index (χ0n) is 14.1. The molecule has 0 aromatic heterocycles. The van der Waals surface area contributed by atoms with Crippen molar-refractivity contribution in [1.29, 1.82) is 0 Å². The van der Waals surface area contributed by atoms with Crippen molar-refractivity contribution in [2.24, 2.45) is 0 Å². The maximum absolute atomic E-state index is 11.6. The van der Waals surface area contributed by atoms with Gasteiger partial charge < -0.3 is 4.74 Å². The third kappa shape index (κ3) is 4.35. The fourth-order valence-corrected chi connectivity index (χ4v) is 2.65. The first-order valence-electron chi connectivity index (χ1n) is 7.94. The number of hydrogen-bond donors (Lipinski definition) is 0. The van der Waals surface area contributed by atoms with Crippen LogP contribution in [0, 0.1) is 0 Å². The highest BCUT2D eigenvalue weighted by atomic mass is 35.5. The quantitative estimate of drug-likeness (QED) is 0.617. The molecular formula is C20H23ClO2. The summed E-state index contributed by atoms with van der Waals surface area (Å²) in [5.74, 6) is 1.36. The largest absolute Gasteiger partial charge is 0.488 e. The van der Waals surface area contributed by atoms with Gasteiger partial charge in [-0.05, 0) is 52.3 Å². The molecule has 0 amide bonds. The Labute approximate surface area is 143 Å². The first kappa shape index (κ1) is 17.6. The predicted octanol–water partition coefficient (Wildman–Crippen LogP) is 5.89. The normalized spacial score (nSPS) is 11.1. The van der Waals surface area contributed by atoms with E-state index in [1.54, 1.807) is 0 Å². The van der Waals surface area contributed by atoms with Crippen molar-refractivity contribution in [3.05, 3.63) is 64.7 Å². The second kappa shape index (κ2) is 7.65. The third-order valence-electron chi connectivity index (χ3n) is 3.84. The van der Waals surface area contributed by atoms with E-state index in [1.807, 2.05) is 42.5 Å². The molecule has 2 nitrogen and oxygen atoms in total. The lowest BCUT2D eigenvalue weighted by molar-refractivity contribution is 0.108. The highest BCUT2D eigenvalue weighted by molar-refractivity contribution is 6.67. The number of ether oxygens (including phenoxy) is 1. The highest BCUT2D eigenvalue weighted by Gasteiger charge is 2.19. The lowest BCUT2D eigenvalue weighted by Gasteiger charge is -2.21. The molecular weight excluding hydrogens is 308 g/mol. The molecule has 0 saturated heterocycles. The third-order valence-corrected chi connectivity index (χ3v) is 4.06. The smallest absolute Gasteiger partial charge is 0.252 e. The van der Waals surface area contributed by atoms with E-state index in [-0.39, 0.29) is 11.8 Å². The second-order valence-electron chi connectivity index (χ2n) is 6.34. The summed E-state index contributed by atoms with van der Waals surface area (Å²) in [5, 5.41) is -0.427. The summed E-state index contributed by atoms with van der Waals surface area (Å²) in [6.45, 7) is 8.89. The molecule has 0 atom stereocenters. The minimum atomic E-state index is -0.427. The Kier molecular flexibility index (Phi) is 5.84. The molecule has 2 rings (SSSR count). The minimum Gasteiger partial charge on any atom is -0.488 e. The average Bonchev–Trinajstić information content (AvgIpc) is 2.52. The monoisotopic (exact) mass is 330 g/mol. The standard InChI is InChI=1S/C20H23ClO2/c1-13(2)17-10-16(20(21)22)11-18(14(3)4)19(17)23-12-15-8-6-5-7-9-15/h5-11,13-14H,12H2,1-4H3. The van der Waals surface area contributed by atoms with Crippen molar-refractivity contribution in [3.8, 4) is 5.75 Å². The minimum absolute atomic E-state index is 0.245. The van der Waals surface area contributed by atoms with Crippen LogP contribution in [0.15, 0.2) is 42.5 Å². The molecule has 0 fully saturated rings. The lowest BCUT2D eigenvalue weighted by atomic mass is 9.91. The number of halogens is 1. The molecule has 2 aromatic carbocycles. The number of carbonyl (C=O) groups excluding carboxylic acids is 1. The van der Waals surface area contributed by atoms with Crippen LogP contribution in [-0.2, 0) is 6.61 Å². The molecule has 23 heavy (non-hydrogen) atoms. The fourth-order valence-electron chi connectivity index (χ4n) is 2.54. The van der Waals surface area contributed by atoms with Crippen molar-refractivity contribution in [3.63, 3.8) is 0 Å². The van der Waals surface area contributed by atoms with E-state index >= 15 is 0 Å². The Hall–Kier alpha value is -1.80. The summed E-state index contributed by atoms with van der Waals surface area (Å²) in [4.78, 5) is 11.6. The van der Waals surface area contributed by atoms with E-state index < -0.39 is 5.24 Å². The maximum Gasteiger partial charge on any atom is 0.252 e. The van der Waals surface area contributed by atoms with E-state index in [1.165, 1.54) is 0 Å². The van der Waals surface area contributed by atoms with Crippen LogP contribution >= 0.6 is 11.6 Å². The van der Waals surface area contributed by atoms with Crippen molar-refractivity contribution in [2.45, 2.75) is 46.1 Å². The molecule has 0 heterocycles. The SMILES string of the molecule is CC(C)c1cc(C(=O)Cl)cc(C(C)C)c1OCc1ccccc1. The van der Waals surface area contributed by atoms with Crippen molar-refractivity contribution >= 4 is 16.8 Å². The lowest BCUT2D eigenvalue weighted by Crippen LogP contribution is -2.07. The number of hydrogen-bond acceptors (Lipinski definition) is 2. The van der Waals surface area contributed by atoms with Crippen LogP contribution in [0.4, 0.5) is 0 Å². The van der Waals surface area contributed by atoms with Gasteiger partial charge in [-0.2, -0.15) is 0 Å².